The Kier molecular flexibility index (Phi) is 7.05. The number of carbonyl (C=O) groups is 1. The van der Waals surface area contributed by atoms with Crippen LogP contribution in [0.4, 0.5) is 5.82 Å². The summed E-state index contributed by atoms with van der Waals surface area (Å²) in [5.41, 5.74) is 9.05. The number of anilines is 1. The molecule has 1 aromatic carbocycles. The number of nitrogens with one attached hydrogen (secondary N) is 1. The molecule has 0 unspecified atom stereocenters. The third kappa shape index (κ3) is 4.93. The molecule has 12 nitrogen and oxygen atoms in total. The highest BCUT2D eigenvalue weighted by atomic mass is 35.5. The second-order valence-electron chi connectivity index (χ2n) is 6.66. The van der Waals surface area contributed by atoms with Crippen LogP contribution in [-0.4, -0.2) is 60.5 Å². The second kappa shape index (κ2) is 9.73. The summed E-state index contributed by atoms with van der Waals surface area (Å²) in [7, 11) is 0. The van der Waals surface area contributed by atoms with Crippen molar-refractivity contribution in [1.29, 1.82) is 0 Å². The molecule has 3 aromatic rings. The lowest BCUT2D eigenvalue weighted by atomic mass is 10.2. The molecule has 4 rings (SSSR count). The molecule has 0 aliphatic carbocycles. The van der Waals surface area contributed by atoms with Gasteiger partial charge in [0.25, 0.3) is 5.91 Å². The molecule has 14 heteroatoms. The first-order valence-electron chi connectivity index (χ1n) is 9.10. The van der Waals surface area contributed by atoms with Crippen LogP contribution in [0.1, 0.15) is 34.6 Å². The Morgan fingerprint density at radius 3 is 2.84 bits per heavy atom. The number of amides is 1. The first kappa shape index (κ1) is 22.5. The molecule has 4 N–H and O–H groups in total. The van der Waals surface area contributed by atoms with Crippen LogP contribution >= 0.6 is 24.0 Å². The van der Waals surface area contributed by atoms with Crippen LogP contribution in [0.15, 0.2) is 27.9 Å². The Labute approximate surface area is 187 Å². The molecule has 164 valence electrons. The molecule has 3 heterocycles. The van der Waals surface area contributed by atoms with E-state index in [0.717, 1.165) is 25.9 Å². The minimum Gasteiger partial charge on any atom is -0.507 e. The molecule has 2 aromatic heterocycles. The van der Waals surface area contributed by atoms with Crippen molar-refractivity contribution in [3.8, 4) is 11.6 Å². The Bertz CT molecular complexity index is 1090. The lowest BCUT2D eigenvalue weighted by Crippen LogP contribution is -2.26. The van der Waals surface area contributed by atoms with Crippen molar-refractivity contribution in [3.63, 3.8) is 0 Å². The molecule has 1 aliphatic heterocycles. The van der Waals surface area contributed by atoms with Crippen molar-refractivity contribution in [3.05, 3.63) is 40.2 Å². The molecular weight excluding hydrogens is 449 g/mol. The Balaban J connectivity index is 0.00000272. The van der Waals surface area contributed by atoms with Crippen LogP contribution in [0.5, 0.6) is 5.75 Å². The number of nitrogen functional groups attached to an aromatic ring is 1. The number of hydrogen-bond donors (Lipinski definition) is 3. The lowest BCUT2D eigenvalue weighted by molar-refractivity contribution is 0.0945. The first-order valence-corrected chi connectivity index (χ1v) is 9.48. The zero-order valence-corrected chi connectivity index (χ0v) is 17.7. The Morgan fingerprint density at radius 2 is 2.13 bits per heavy atom. The summed E-state index contributed by atoms with van der Waals surface area (Å²) in [4.78, 5) is 15.1. The van der Waals surface area contributed by atoms with Gasteiger partial charge in [-0.15, -0.1) is 17.5 Å². The molecular formula is C17H19Cl2N9O3. The largest absolute Gasteiger partial charge is 0.507 e. The summed E-state index contributed by atoms with van der Waals surface area (Å²) in [6, 6.07) is 4.48. The zero-order valence-electron chi connectivity index (χ0n) is 16.1. The van der Waals surface area contributed by atoms with Crippen LogP contribution in [-0.2, 0) is 6.54 Å². The SMILES string of the molecule is Cl.Nc1nonc1-n1nnc(CN2CCCC2)c1C(=O)N/N=C/c1cc(Cl)ccc1O. The van der Waals surface area contributed by atoms with Gasteiger partial charge in [-0.05, 0) is 54.4 Å². The minimum absolute atomic E-state index is 0. The van der Waals surface area contributed by atoms with Crippen molar-refractivity contribution >= 4 is 41.9 Å². The van der Waals surface area contributed by atoms with Crippen LogP contribution in [0.2, 0.25) is 5.02 Å². The van der Waals surface area contributed by atoms with Gasteiger partial charge in [-0.1, -0.05) is 16.8 Å². The van der Waals surface area contributed by atoms with Gasteiger partial charge in [0, 0.05) is 17.1 Å². The topological polar surface area (TPSA) is 161 Å². The van der Waals surface area contributed by atoms with E-state index in [9.17, 15) is 9.90 Å². The maximum atomic E-state index is 12.9. The lowest BCUT2D eigenvalue weighted by Gasteiger charge is -2.13. The second-order valence-corrected chi connectivity index (χ2v) is 7.09. The van der Waals surface area contributed by atoms with Gasteiger partial charge in [0.05, 0.1) is 6.21 Å². The number of carbonyl (C=O) groups excluding carboxylic acids is 1. The molecule has 0 radical (unpaired) electrons. The smallest absolute Gasteiger partial charge is 0.292 e. The van der Waals surface area contributed by atoms with Gasteiger partial charge < -0.3 is 10.8 Å². The quantitative estimate of drug-likeness (QED) is 0.359. The summed E-state index contributed by atoms with van der Waals surface area (Å²) in [6.07, 6.45) is 3.45. The molecule has 0 saturated carbocycles. The average Bonchev–Trinajstić information content (AvgIpc) is 3.46. The van der Waals surface area contributed by atoms with Crippen molar-refractivity contribution in [2.45, 2.75) is 19.4 Å². The monoisotopic (exact) mass is 467 g/mol. The standard InChI is InChI=1S/C17H18ClN9O3.ClH/c18-11-3-4-13(28)10(7-11)8-20-22-17(29)14-12(9-26-5-1-2-6-26)21-25-27(14)16-15(19)23-30-24-16;/h3-4,7-8,28H,1-2,5-6,9H2,(H2,19,23)(H,22,29);1H/b20-8+;. The fraction of sp³-hybridized carbons (Fsp3) is 0.294. The maximum Gasteiger partial charge on any atom is 0.292 e. The third-order valence-electron chi connectivity index (χ3n) is 4.58. The van der Waals surface area contributed by atoms with E-state index in [-0.39, 0.29) is 35.5 Å². The third-order valence-corrected chi connectivity index (χ3v) is 4.82. The molecule has 0 spiro atoms. The van der Waals surface area contributed by atoms with Crippen LogP contribution in [0.25, 0.3) is 5.82 Å². The number of phenols is 1. The highest BCUT2D eigenvalue weighted by Crippen LogP contribution is 2.20. The fourth-order valence-electron chi connectivity index (χ4n) is 3.13. The number of rotatable bonds is 6. The van der Waals surface area contributed by atoms with Gasteiger partial charge in [-0.3, -0.25) is 9.69 Å². The summed E-state index contributed by atoms with van der Waals surface area (Å²) in [6.45, 7) is 2.26. The van der Waals surface area contributed by atoms with Crippen molar-refractivity contribution in [1.82, 2.24) is 35.6 Å². The zero-order chi connectivity index (χ0) is 21.1. The number of likely N-dealkylation sites (tertiary alicyclic amines) is 1. The van der Waals surface area contributed by atoms with E-state index in [4.69, 9.17) is 17.3 Å². The van der Waals surface area contributed by atoms with Crippen LogP contribution < -0.4 is 11.2 Å². The molecule has 1 amide bonds. The number of nitrogens with zero attached hydrogens (tertiary/aromatic N) is 7. The summed E-state index contributed by atoms with van der Waals surface area (Å²) in [5.74, 6) is -0.597. The van der Waals surface area contributed by atoms with E-state index in [1.165, 1.54) is 29.1 Å². The molecule has 1 fully saturated rings. The van der Waals surface area contributed by atoms with Gasteiger partial charge in [0.2, 0.25) is 11.6 Å². The average molecular weight is 468 g/mol. The maximum absolute atomic E-state index is 12.9. The summed E-state index contributed by atoms with van der Waals surface area (Å²) < 4.78 is 5.78. The number of halogens is 2. The number of benzene rings is 1. The molecule has 0 bridgehead atoms. The highest BCUT2D eigenvalue weighted by molar-refractivity contribution is 6.30. The van der Waals surface area contributed by atoms with Crippen molar-refractivity contribution in [2.75, 3.05) is 18.8 Å². The first-order chi connectivity index (χ1) is 14.5. The van der Waals surface area contributed by atoms with Gasteiger partial charge in [-0.2, -0.15) is 9.78 Å². The van der Waals surface area contributed by atoms with Crippen LogP contribution in [0.3, 0.4) is 0 Å². The molecule has 31 heavy (non-hydrogen) atoms. The number of aromatic hydroxyl groups is 1. The summed E-state index contributed by atoms with van der Waals surface area (Å²) >= 11 is 5.92. The van der Waals surface area contributed by atoms with Gasteiger partial charge >= 0.3 is 0 Å². The van der Waals surface area contributed by atoms with E-state index in [1.807, 2.05) is 0 Å². The van der Waals surface area contributed by atoms with E-state index in [1.54, 1.807) is 0 Å². The number of hydrogen-bond acceptors (Lipinski definition) is 10. The summed E-state index contributed by atoms with van der Waals surface area (Å²) in [5, 5.41) is 29.5. The Morgan fingerprint density at radius 1 is 1.35 bits per heavy atom. The van der Waals surface area contributed by atoms with Gasteiger partial charge in [-0.25, -0.2) is 10.1 Å². The number of phenolic OH excluding ortho intramolecular Hbond substituents is 1. The Hall–Kier alpha value is -3.22. The predicted molar refractivity (Wildman–Crippen MR) is 114 cm³/mol. The van der Waals surface area contributed by atoms with E-state index < -0.39 is 5.91 Å². The minimum atomic E-state index is -0.589. The fourth-order valence-corrected chi connectivity index (χ4v) is 3.31. The van der Waals surface area contributed by atoms with E-state index in [2.05, 4.69) is 40.7 Å². The van der Waals surface area contributed by atoms with Crippen molar-refractivity contribution in [2.24, 2.45) is 5.10 Å². The molecule has 1 saturated heterocycles. The molecule has 0 atom stereocenters. The predicted octanol–water partition coefficient (Wildman–Crippen LogP) is 1.37. The van der Waals surface area contributed by atoms with Gasteiger partial charge in [0.15, 0.2) is 5.69 Å². The normalized spacial score (nSPS) is 14.1. The highest BCUT2D eigenvalue weighted by Gasteiger charge is 2.26. The van der Waals surface area contributed by atoms with Crippen LogP contribution in [0, 0.1) is 0 Å². The van der Waals surface area contributed by atoms with Gasteiger partial charge in [0.1, 0.15) is 11.4 Å². The van der Waals surface area contributed by atoms with E-state index >= 15 is 0 Å². The number of nitrogens with two attached hydrogens (primary N) is 1. The molecule has 1 aliphatic rings. The van der Waals surface area contributed by atoms with Crippen molar-refractivity contribution < 1.29 is 14.5 Å². The number of aromatic nitrogens is 5. The number of hydrazone groups is 1. The van der Waals surface area contributed by atoms with E-state index in [0.29, 0.717) is 22.8 Å².